The van der Waals surface area contributed by atoms with Gasteiger partial charge in [0.05, 0.1) is 0 Å². The van der Waals surface area contributed by atoms with Gasteiger partial charge in [0, 0.05) is 23.9 Å². The Morgan fingerprint density at radius 2 is 1.76 bits per heavy atom. The van der Waals surface area contributed by atoms with E-state index in [1.165, 1.54) is 14.0 Å². The minimum absolute atomic E-state index is 0.180. The lowest BCUT2D eigenvalue weighted by atomic mass is 9.93. The third kappa shape index (κ3) is 1.87. The van der Waals surface area contributed by atoms with Gasteiger partial charge >= 0.3 is 6.18 Å². The van der Waals surface area contributed by atoms with Crippen molar-refractivity contribution in [2.75, 3.05) is 0 Å². The zero-order valence-corrected chi connectivity index (χ0v) is 9.82. The molecule has 0 aliphatic heterocycles. The molecule has 0 N–H and O–H groups in total. The van der Waals surface area contributed by atoms with Crippen LogP contribution in [-0.4, -0.2) is 4.57 Å². The molecule has 0 fully saturated rings. The number of hydrogen-bond donors (Lipinski definition) is 0. The maximum absolute atomic E-state index is 12.9. The van der Waals surface area contributed by atoms with Crippen LogP contribution in [0.1, 0.15) is 35.4 Å². The maximum atomic E-state index is 12.9. The first-order chi connectivity index (χ1) is 7.84. The first kappa shape index (κ1) is 12.2. The van der Waals surface area contributed by atoms with Crippen LogP contribution in [0.4, 0.5) is 13.2 Å². The molecule has 1 heterocycles. The van der Waals surface area contributed by atoms with E-state index < -0.39 is 17.3 Å². The molecule has 0 spiro atoms. The van der Waals surface area contributed by atoms with Crippen molar-refractivity contribution >= 4 is 0 Å². The van der Waals surface area contributed by atoms with Crippen molar-refractivity contribution in [1.29, 1.82) is 0 Å². The molecule has 2 nitrogen and oxygen atoms in total. The van der Waals surface area contributed by atoms with Gasteiger partial charge in [-0.1, -0.05) is 0 Å². The van der Waals surface area contributed by atoms with Gasteiger partial charge < -0.3 is 4.57 Å². The lowest BCUT2D eigenvalue weighted by Crippen LogP contribution is -2.30. The van der Waals surface area contributed by atoms with Crippen LogP contribution in [0.5, 0.6) is 0 Å². The second-order valence-corrected chi connectivity index (χ2v) is 4.49. The van der Waals surface area contributed by atoms with Crippen molar-refractivity contribution in [3.05, 3.63) is 32.7 Å². The summed E-state index contributed by atoms with van der Waals surface area (Å²) in [7, 11) is 1.40. The lowest BCUT2D eigenvalue weighted by molar-refractivity contribution is -0.144. The van der Waals surface area contributed by atoms with E-state index in [4.69, 9.17) is 0 Å². The molecular formula is C12H14F3NO. The largest absolute Gasteiger partial charge is 0.431 e. The van der Waals surface area contributed by atoms with Gasteiger partial charge in [0.15, 0.2) is 5.43 Å². The lowest BCUT2D eigenvalue weighted by Gasteiger charge is -2.24. The maximum Gasteiger partial charge on any atom is 0.431 e. The molecule has 1 aliphatic carbocycles. The molecule has 0 amide bonds. The van der Waals surface area contributed by atoms with Crippen molar-refractivity contribution in [2.24, 2.45) is 7.05 Å². The van der Waals surface area contributed by atoms with Gasteiger partial charge in [-0.3, -0.25) is 4.79 Å². The summed E-state index contributed by atoms with van der Waals surface area (Å²) in [6.07, 6.45) is -1.58. The number of halogens is 3. The molecule has 94 valence electrons. The van der Waals surface area contributed by atoms with Crippen molar-refractivity contribution < 1.29 is 13.2 Å². The minimum Gasteiger partial charge on any atom is -0.343 e. The summed E-state index contributed by atoms with van der Waals surface area (Å²) in [5.74, 6) is 0. The highest BCUT2D eigenvalue weighted by Crippen LogP contribution is 2.32. The number of nitrogens with zero attached hydrogens (tertiary/aromatic N) is 1. The van der Waals surface area contributed by atoms with Gasteiger partial charge in [-0.15, -0.1) is 0 Å². The van der Waals surface area contributed by atoms with Crippen LogP contribution in [0.15, 0.2) is 4.79 Å². The van der Waals surface area contributed by atoms with Crippen LogP contribution in [0.25, 0.3) is 0 Å². The van der Waals surface area contributed by atoms with Crippen LogP contribution in [0, 0.1) is 6.92 Å². The Balaban J connectivity index is 2.80. The number of alkyl halides is 3. The molecule has 2 rings (SSSR count). The van der Waals surface area contributed by atoms with Crippen LogP contribution in [0.3, 0.4) is 0 Å². The van der Waals surface area contributed by atoms with Crippen molar-refractivity contribution in [2.45, 2.75) is 38.8 Å². The molecule has 17 heavy (non-hydrogen) atoms. The van der Waals surface area contributed by atoms with Crippen molar-refractivity contribution in [1.82, 2.24) is 4.57 Å². The molecule has 0 saturated carbocycles. The molecule has 1 aromatic rings. The highest BCUT2D eigenvalue weighted by atomic mass is 19.4. The predicted molar refractivity (Wildman–Crippen MR) is 58.1 cm³/mol. The van der Waals surface area contributed by atoms with E-state index in [9.17, 15) is 18.0 Å². The smallest absolute Gasteiger partial charge is 0.343 e. The molecule has 1 aromatic heterocycles. The Morgan fingerprint density at radius 1 is 1.18 bits per heavy atom. The standard InChI is InChI=1S/C12H14F3NO/c1-7-10(17)8-5-3-4-6-9(8)16(2)11(7)12(13,14)15/h3-6H2,1-2H3. The molecule has 0 bridgehead atoms. The van der Waals surface area contributed by atoms with E-state index in [1.807, 2.05) is 0 Å². The van der Waals surface area contributed by atoms with Crippen LogP contribution < -0.4 is 5.43 Å². The molecule has 5 heteroatoms. The van der Waals surface area contributed by atoms with Gasteiger partial charge in [0.25, 0.3) is 0 Å². The molecule has 1 aliphatic rings. The molecule has 0 aromatic carbocycles. The fourth-order valence-electron chi connectivity index (χ4n) is 2.63. The van der Waals surface area contributed by atoms with Gasteiger partial charge in [0.1, 0.15) is 5.69 Å². The average Bonchev–Trinajstić information content (AvgIpc) is 2.24. The van der Waals surface area contributed by atoms with E-state index in [0.29, 0.717) is 24.1 Å². The van der Waals surface area contributed by atoms with Gasteiger partial charge in [-0.2, -0.15) is 13.2 Å². The quantitative estimate of drug-likeness (QED) is 0.688. The summed E-state index contributed by atoms with van der Waals surface area (Å²) in [4.78, 5) is 11.9. The second kappa shape index (κ2) is 3.89. The summed E-state index contributed by atoms with van der Waals surface area (Å²) >= 11 is 0. The van der Waals surface area contributed by atoms with Gasteiger partial charge in [-0.05, 0) is 32.6 Å². The summed E-state index contributed by atoms with van der Waals surface area (Å²) in [6.45, 7) is 1.26. The summed E-state index contributed by atoms with van der Waals surface area (Å²) in [6, 6.07) is 0. The summed E-state index contributed by atoms with van der Waals surface area (Å²) < 4.78 is 39.9. The first-order valence-corrected chi connectivity index (χ1v) is 5.62. The summed E-state index contributed by atoms with van der Waals surface area (Å²) in [5.41, 5.74) is -0.280. The van der Waals surface area contributed by atoms with Crippen LogP contribution in [-0.2, 0) is 26.1 Å². The van der Waals surface area contributed by atoms with Crippen LogP contribution in [0.2, 0.25) is 0 Å². The van der Waals surface area contributed by atoms with Crippen LogP contribution >= 0.6 is 0 Å². The number of fused-ring (bicyclic) bond motifs is 1. The van der Waals surface area contributed by atoms with Gasteiger partial charge in [0.2, 0.25) is 0 Å². The Kier molecular flexibility index (Phi) is 2.79. The van der Waals surface area contributed by atoms with E-state index in [2.05, 4.69) is 0 Å². The van der Waals surface area contributed by atoms with E-state index in [1.54, 1.807) is 0 Å². The van der Waals surface area contributed by atoms with E-state index in [0.717, 1.165) is 17.4 Å². The molecule has 0 unspecified atom stereocenters. The number of pyridine rings is 1. The highest BCUT2D eigenvalue weighted by Gasteiger charge is 2.37. The summed E-state index contributed by atoms with van der Waals surface area (Å²) in [5, 5.41) is 0. The highest BCUT2D eigenvalue weighted by molar-refractivity contribution is 5.34. The van der Waals surface area contributed by atoms with Gasteiger partial charge in [-0.25, -0.2) is 0 Å². The zero-order valence-electron chi connectivity index (χ0n) is 9.82. The number of aromatic nitrogens is 1. The first-order valence-electron chi connectivity index (χ1n) is 5.62. The Labute approximate surface area is 97.1 Å². The van der Waals surface area contributed by atoms with E-state index >= 15 is 0 Å². The predicted octanol–water partition coefficient (Wildman–Crippen LogP) is 2.59. The van der Waals surface area contributed by atoms with E-state index in [-0.39, 0.29) is 5.56 Å². The molecule has 0 saturated heterocycles. The average molecular weight is 245 g/mol. The molecule has 0 radical (unpaired) electrons. The number of hydrogen-bond acceptors (Lipinski definition) is 1. The normalized spacial score (nSPS) is 15.8. The second-order valence-electron chi connectivity index (χ2n) is 4.49. The van der Waals surface area contributed by atoms with Crippen molar-refractivity contribution in [3.8, 4) is 0 Å². The third-order valence-electron chi connectivity index (χ3n) is 3.42. The zero-order chi connectivity index (χ0) is 12.8. The van der Waals surface area contributed by atoms with Crippen molar-refractivity contribution in [3.63, 3.8) is 0 Å². The SMILES string of the molecule is Cc1c(C(F)(F)F)n(C)c2c(c1=O)CCCC2. The molecule has 0 atom stereocenters. The minimum atomic E-state index is -4.47. The topological polar surface area (TPSA) is 22.0 Å². The Bertz CT molecular complexity index is 514. The Hall–Kier alpha value is -1.26. The fraction of sp³-hybridized carbons (Fsp3) is 0.583. The molecular weight excluding hydrogens is 231 g/mol. The fourth-order valence-corrected chi connectivity index (χ4v) is 2.63. The number of rotatable bonds is 0. The Morgan fingerprint density at radius 3 is 2.35 bits per heavy atom. The third-order valence-corrected chi connectivity index (χ3v) is 3.42. The monoisotopic (exact) mass is 245 g/mol.